The van der Waals surface area contributed by atoms with Crippen molar-refractivity contribution in [1.82, 2.24) is 0 Å². The standard InChI is InChI=1S/C60H43N/c1-4-16-44(17-5-1)46-28-32-48(33-29-46)50-36-40-53(41-37-50)61(54-42-38-51(39-43-54)49-34-30-47(31-35-49)45-18-6-2-7-19-45)60-27-15-14-26-59(60)58-25-13-12-24-57(58)56-23-11-10-22-55(56)52-20-8-3-9-21-52/h1-43H. The third kappa shape index (κ3) is 7.81. The zero-order valence-corrected chi connectivity index (χ0v) is 33.8. The van der Waals surface area contributed by atoms with Gasteiger partial charge in [0.1, 0.15) is 0 Å². The van der Waals surface area contributed by atoms with E-state index in [9.17, 15) is 0 Å². The Kier molecular flexibility index (Phi) is 10.4. The first-order valence-electron chi connectivity index (χ1n) is 20.9. The van der Waals surface area contributed by atoms with E-state index in [1.807, 2.05) is 0 Å². The van der Waals surface area contributed by atoms with Gasteiger partial charge in [-0.3, -0.25) is 0 Å². The van der Waals surface area contributed by atoms with Crippen LogP contribution in [0.15, 0.2) is 261 Å². The van der Waals surface area contributed by atoms with Crippen molar-refractivity contribution < 1.29 is 0 Å². The summed E-state index contributed by atoms with van der Waals surface area (Å²) in [4.78, 5) is 2.40. The van der Waals surface area contributed by atoms with Gasteiger partial charge in [0.25, 0.3) is 0 Å². The number of nitrogens with zero attached hydrogens (tertiary/aromatic N) is 1. The third-order valence-corrected chi connectivity index (χ3v) is 11.6. The Morgan fingerprint density at radius 3 is 0.803 bits per heavy atom. The molecule has 0 radical (unpaired) electrons. The third-order valence-electron chi connectivity index (χ3n) is 11.6. The summed E-state index contributed by atoms with van der Waals surface area (Å²) in [5.74, 6) is 0. The predicted molar refractivity (Wildman–Crippen MR) is 259 cm³/mol. The molecule has 288 valence electrons. The maximum atomic E-state index is 2.40. The molecule has 1 heteroatoms. The maximum Gasteiger partial charge on any atom is 0.0540 e. The van der Waals surface area contributed by atoms with Crippen LogP contribution in [0.5, 0.6) is 0 Å². The zero-order valence-electron chi connectivity index (χ0n) is 33.8. The molecule has 0 bridgehead atoms. The van der Waals surface area contributed by atoms with Crippen molar-refractivity contribution >= 4 is 17.1 Å². The average Bonchev–Trinajstić information content (AvgIpc) is 3.36. The van der Waals surface area contributed by atoms with Gasteiger partial charge in [0.15, 0.2) is 0 Å². The van der Waals surface area contributed by atoms with Crippen LogP contribution < -0.4 is 4.90 Å². The summed E-state index contributed by atoms with van der Waals surface area (Å²) in [6.45, 7) is 0. The number of hydrogen-bond donors (Lipinski definition) is 0. The van der Waals surface area contributed by atoms with Gasteiger partial charge in [0.2, 0.25) is 0 Å². The van der Waals surface area contributed by atoms with Gasteiger partial charge in [0, 0.05) is 16.9 Å². The first kappa shape index (κ1) is 37.3. The zero-order chi connectivity index (χ0) is 40.8. The summed E-state index contributed by atoms with van der Waals surface area (Å²) in [7, 11) is 0. The van der Waals surface area contributed by atoms with Crippen molar-refractivity contribution in [1.29, 1.82) is 0 Å². The van der Waals surface area contributed by atoms with Gasteiger partial charge in [-0.25, -0.2) is 0 Å². The molecule has 10 rings (SSSR count). The lowest BCUT2D eigenvalue weighted by molar-refractivity contribution is 1.28. The van der Waals surface area contributed by atoms with Crippen LogP contribution in [0.3, 0.4) is 0 Å². The second-order valence-electron chi connectivity index (χ2n) is 15.3. The van der Waals surface area contributed by atoms with E-state index >= 15 is 0 Å². The van der Waals surface area contributed by atoms with Crippen molar-refractivity contribution in [2.75, 3.05) is 4.90 Å². The van der Waals surface area contributed by atoms with Crippen molar-refractivity contribution in [3.8, 4) is 77.9 Å². The highest BCUT2D eigenvalue weighted by Gasteiger charge is 2.20. The molecule has 0 amide bonds. The minimum Gasteiger partial charge on any atom is -0.310 e. The van der Waals surface area contributed by atoms with Crippen LogP contribution in [0.4, 0.5) is 17.1 Å². The topological polar surface area (TPSA) is 3.24 Å². The summed E-state index contributed by atoms with van der Waals surface area (Å²) in [6, 6.07) is 93.9. The van der Waals surface area contributed by atoms with Crippen molar-refractivity contribution in [3.05, 3.63) is 261 Å². The Bertz CT molecular complexity index is 2880. The van der Waals surface area contributed by atoms with Crippen LogP contribution in [0.2, 0.25) is 0 Å². The summed E-state index contributed by atoms with van der Waals surface area (Å²) in [5.41, 5.74) is 20.0. The molecule has 0 saturated heterocycles. The van der Waals surface area contributed by atoms with Crippen LogP contribution in [0, 0.1) is 0 Å². The van der Waals surface area contributed by atoms with Crippen LogP contribution in [0.25, 0.3) is 77.9 Å². The Morgan fingerprint density at radius 2 is 0.410 bits per heavy atom. The van der Waals surface area contributed by atoms with E-state index in [1.54, 1.807) is 0 Å². The highest BCUT2D eigenvalue weighted by molar-refractivity contribution is 5.97. The van der Waals surface area contributed by atoms with Gasteiger partial charge in [-0.05, 0) is 103 Å². The molecule has 1 nitrogen and oxygen atoms in total. The Labute approximate surface area is 359 Å². The minimum atomic E-state index is 1.08. The number of rotatable bonds is 10. The van der Waals surface area contributed by atoms with Crippen LogP contribution in [0.1, 0.15) is 0 Å². The van der Waals surface area contributed by atoms with Crippen LogP contribution in [-0.2, 0) is 0 Å². The van der Waals surface area contributed by atoms with Gasteiger partial charge in [0.05, 0.1) is 5.69 Å². The van der Waals surface area contributed by atoms with E-state index < -0.39 is 0 Å². The molecule has 0 spiro atoms. The lowest BCUT2D eigenvalue weighted by atomic mass is 9.88. The summed E-state index contributed by atoms with van der Waals surface area (Å²) < 4.78 is 0. The minimum absolute atomic E-state index is 1.08. The van der Waals surface area contributed by atoms with Gasteiger partial charge >= 0.3 is 0 Å². The van der Waals surface area contributed by atoms with Crippen LogP contribution in [-0.4, -0.2) is 0 Å². The monoisotopic (exact) mass is 777 g/mol. The molecule has 0 aliphatic heterocycles. The molecule has 61 heavy (non-hydrogen) atoms. The second kappa shape index (κ2) is 17.1. The van der Waals surface area contributed by atoms with Gasteiger partial charge in [-0.15, -0.1) is 0 Å². The molecular formula is C60H43N. The molecule has 10 aromatic carbocycles. The van der Waals surface area contributed by atoms with E-state index in [-0.39, 0.29) is 0 Å². The molecule has 0 atom stereocenters. The predicted octanol–water partition coefficient (Wildman–Crippen LogP) is 16.8. The Morgan fingerprint density at radius 1 is 0.164 bits per heavy atom. The van der Waals surface area contributed by atoms with Crippen molar-refractivity contribution in [2.45, 2.75) is 0 Å². The van der Waals surface area contributed by atoms with E-state index in [2.05, 4.69) is 266 Å². The lowest BCUT2D eigenvalue weighted by Crippen LogP contribution is -2.11. The van der Waals surface area contributed by atoms with Crippen molar-refractivity contribution in [3.63, 3.8) is 0 Å². The molecule has 0 fully saturated rings. The Balaban J connectivity index is 1.06. The molecule has 0 aliphatic rings. The van der Waals surface area contributed by atoms with Crippen LogP contribution >= 0.6 is 0 Å². The summed E-state index contributed by atoms with van der Waals surface area (Å²) in [5, 5.41) is 0. The quantitative estimate of drug-likeness (QED) is 0.134. The molecule has 0 saturated carbocycles. The fraction of sp³-hybridized carbons (Fsp3) is 0. The summed E-state index contributed by atoms with van der Waals surface area (Å²) >= 11 is 0. The molecule has 10 aromatic rings. The number of para-hydroxylation sites is 1. The average molecular weight is 778 g/mol. The van der Waals surface area contributed by atoms with Crippen molar-refractivity contribution in [2.24, 2.45) is 0 Å². The van der Waals surface area contributed by atoms with Gasteiger partial charge in [-0.1, -0.05) is 231 Å². The molecule has 0 aliphatic carbocycles. The SMILES string of the molecule is c1ccc(-c2ccc(-c3ccc(N(c4ccc(-c5ccc(-c6ccccc6)cc5)cc4)c4ccccc4-c4ccccc4-c4ccccc4-c4ccccc4)cc3)cc2)cc1. The first-order valence-corrected chi connectivity index (χ1v) is 20.9. The molecule has 0 heterocycles. The normalized spacial score (nSPS) is 11.0. The molecule has 0 N–H and O–H groups in total. The van der Waals surface area contributed by atoms with E-state index in [4.69, 9.17) is 0 Å². The largest absolute Gasteiger partial charge is 0.310 e. The van der Waals surface area contributed by atoms with E-state index in [0.29, 0.717) is 0 Å². The Hall–Kier alpha value is -8.00. The first-order chi connectivity index (χ1) is 30.3. The maximum absolute atomic E-state index is 2.40. The fourth-order valence-electron chi connectivity index (χ4n) is 8.44. The lowest BCUT2D eigenvalue weighted by Gasteiger charge is -2.29. The molecule has 0 unspecified atom stereocenters. The summed E-state index contributed by atoms with van der Waals surface area (Å²) in [6.07, 6.45) is 0. The molecule has 0 aromatic heterocycles. The fourth-order valence-corrected chi connectivity index (χ4v) is 8.44. The van der Waals surface area contributed by atoms with E-state index in [1.165, 1.54) is 72.3 Å². The van der Waals surface area contributed by atoms with Gasteiger partial charge < -0.3 is 4.90 Å². The van der Waals surface area contributed by atoms with E-state index in [0.717, 1.165) is 22.6 Å². The van der Waals surface area contributed by atoms with Gasteiger partial charge in [-0.2, -0.15) is 0 Å². The molecular weight excluding hydrogens is 735 g/mol. The highest BCUT2D eigenvalue weighted by Crippen LogP contribution is 2.45. The number of anilines is 3. The number of benzene rings is 10. The number of hydrogen-bond acceptors (Lipinski definition) is 1. The smallest absolute Gasteiger partial charge is 0.0540 e. The highest BCUT2D eigenvalue weighted by atomic mass is 15.1. The second-order valence-corrected chi connectivity index (χ2v) is 15.3.